The highest BCUT2D eigenvalue weighted by atomic mass is 16.2. The molecule has 0 aliphatic carbocycles. The van der Waals surface area contributed by atoms with Crippen LogP contribution in [-0.4, -0.2) is 18.2 Å². The zero-order valence-electron chi connectivity index (χ0n) is 14.3. The molecule has 3 heteroatoms. The number of nitrogens with zero attached hydrogens (tertiary/aromatic N) is 1. The second-order valence-corrected chi connectivity index (χ2v) is 6.20. The lowest BCUT2D eigenvalue weighted by atomic mass is 10.1. The van der Waals surface area contributed by atoms with Crippen LogP contribution in [0.4, 0.5) is 5.69 Å². The van der Waals surface area contributed by atoms with Gasteiger partial charge in [-0.3, -0.25) is 9.59 Å². The van der Waals surface area contributed by atoms with Gasteiger partial charge in [0.1, 0.15) is 0 Å². The molecule has 2 aromatic rings. The van der Waals surface area contributed by atoms with Crippen molar-refractivity contribution in [2.75, 3.05) is 11.4 Å². The Morgan fingerprint density at radius 2 is 1.84 bits per heavy atom. The van der Waals surface area contributed by atoms with Crippen molar-refractivity contribution in [1.82, 2.24) is 0 Å². The maximum Gasteiger partial charge on any atom is 0.227 e. The number of hydrogen-bond donors (Lipinski definition) is 0. The average Bonchev–Trinajstić information content (AvgIpc) is 3.06. The van der Waals surface area contributed by atoms with Crippen molar-refractivity contribution >= 4 is 23.5 Å². The van der Waals surface area contributed by atoms with Gasteiger partial charge in [0.05, 0.1) is 0 Å². The Labute approximate surface area is 148 Å². The molecule has 0 N–H and O–H groups in total. The summed E-state index contributed by atoms with van der Waals surface area (Å²) in [5.41, 5.74) is 3.51. The van der Waals surface area contributed by atoms with E-state index in [-0.39, 0.29) is 11.7 Å². The summed E-state index contributed by atoms with van der Waals surface area (Å²) in [6, 6.07) is 17.3. The fourth-order valence-corrected chi connectivity index (χ4v) is 2.91. The van der Waals surface area contributed by atoms with Crippen molar-refractivity contribution < 1.29 is 9.59 Å². The third-order valence-electron chi connectivity index (χ3n) is 4.21. The van der Waals surface area contributed by atoms with Crippen molar-refractivity contribution in [3.05, 3.63) is 83.4 Å². The van der Waals surface area contributed by atoms with Crippen LogP contribution < -0.4 is 4.90 Å². The predicted molar refractivity (Wildman–Crippen MR) is 102 cm³/mol. The van der Waals surface area contributed by atoms with Gasteiger partial charge in [0, 0.05) is 24.2 Å². The number of amides is 1. The molecule has 0 saturated carbocycles. The Kier molecular flexibility index (Phi) is 5.24. The molecule has 1 amide bonds. The number of anilines is 1. The highest BCUT2D eigenvalue weighted by Crippen LogP contribution is 2.22. The van der Waals surface area contributed by atoms with Crippen molar-refractivity contribution in [3.8, 4) is 0 Å². The number of hydrogen-bond acceptors (Lipinski definition) is 2. The summed E-state index contributed by atoms with van der Waals surface area (Å²) in [5, 5.41) is 0. The van der Waals surface area contributed by atoms with E-state index in [0.29, 0.717) is 12.0 Å². The normalized spacial score (nSPS) is 15.2. The Bertz CT molecular complexity index is 834. The van der Waals surface area contributed by atoms with Gasteiger partial charge in [-0.1, -0.05) is 60.2 Å². The Balaban J connectivity index is 1.73. The van der Waals surface area contributed by atoms with Crippen LogP contribution >= 0.6 is 0 Å². The molecule has 1 aliphatic rings. The van der Waals surface area contributed by atoms with Gasteiger partial charge in [0.25, 0.3) is 0 Å². The van der Waals surface area contributed by atoms with Gasteiger partial charge in [-0.25, -0.2) is 0 Å². The molecule has 1 fully saturated rings. The average molecular weight is 331 g/mol. The summed E-state index contributed by atoms with van der Waals surface area (Å²) in [6.45, 7) is 2.70. The molecule has 0 bridgehead atoms. The van der Waals surface area contributed by atoms with Gasteiger partial charge in [0.15, 0.2) is 5.78 Å². The lowest BCUT2D eigenvalue weighted by Crippen LogP contribution is -2.23. The van der Waals surface area contributed by atoms with Crippen LogP contribution in [-0.2, 0) is 4.79 Å². The molecule has 0 radical (unpaired) electrons. The van der Waals surface area contributed by atoms with Gasteiger partial charge in [0.2, 0.25) is 5.91 Å². The van der Waals surface area contributed by atoms with Gasteiger partial charge in [-0.05, 0) is 37.1 Å². The number of carbonyl (C=O) groups is 2. The molecule has 3 nitrogen and oxygen atoms in total. The van der Waals surface area contributed by atoms with Gasteiger partial charge < -0.3 is 4.90 Å². The quantitative estimate of drug-likeness (QED) is 0.454. The second kappa shape index (κ2) is 7.75. The number of allylic oxidation sites excluding steroid dienone is 3. The Hall–Kier alpha value is -2.94. The van der Waals surface area contributed by atoms with E-state index in [4.69, 9.17) is 0 Å². The first-order chi connectivity index (χ1) is 12.1. The van der Waals surface area contributed by atoms with Gasteiger partial charge in [-0.15, -0.1) is 0 Å². The summed E-state index contributed by atoms with van der Waals surface area (Å²) >= 11 is 0. The summed E-state index contributed by atoms with van der Waals surface area (Å²) in [5.74, 6) is 0.0658. The summed E-state index contributed by atoms with van der Waals surface area (Å²) in [7, 11) is 0. The minimum atomic E-state index is -0.0608. The van der Waals surface area contributed by atoms with Crippen LogP contribution in [0.25, 0.3) is 6.08 Å². The molecule has 0 atom stereocenters. The van der Waals surface area contributed by atoms with E-state index in [1.165, 1.54) is 0 Å². The van der Waals surface area contributed by atoms with E-state index in [2.05, 4.69) is 0 Å². The molecule has 1 saturated heterocycles. The monoisotopic (exact) mass is 331 g/mol. The van der Waals surface area contributed by atoms with Crippen LogP contribution in [0.1, 0.15) is 35.7 Å². The highest BCUT2D eigenvalue weighted by molar-refractivity contribution is 6.06. The molecule has 1 heterocycles. The third-order valence-corrected chi connectivity index (χ3v) is 4.21. The number of rotatable bonds is 5. The van der Waals surface area contributed by atoms with E-state index in [1.54, 1.807) is 23.1 Å². The number of carbonyl (C=O) groups excluding carboxylic acids is 2. The zero-order chi connectivity index (χ0) is 17.6. The van der Waals surface area contributed by atoms with Crippen LogP contribution in [0, 0.1) is 0 Å². The second-order valence-electron chi connectivity index (χ2n) is 6.20. The molecule has 0 spiro atoms. The first-order valence-electron chi connectivity index (χ1n) is 8.50. The summed E-state index contributed by atoms with van der Waals surface area (Å²) in [4.78, 5) is 26.0. The van der Waals surface area contributed by atoms with Crippen molar-refractivity contribution in [1.29, 1.82) is 0 Å². The van der Waals surface area contributed by atoms with Gasteiger partial charge >= 0.3 is 0 Å². The van der Waals surface area contributed by atoms with Gasteiger partial charge in [-0.2, -0.15) is 0 Å². The molecular formula is C22H21NO2. The maximum atomic E-state index is 12.4. The fourth-order valence-electron chi connectivity index (χ4n) is 2.91. The predicted octanol–water partition coefficient (Wildman–Crippen LogP) is 4.66. The molecule has 1 aliphatic heterocycles. The fraction of sp³-hybridized carbons (Fsp3) is 0.182. The van der Waals surface area contributed by atoms with Crippen LogP contribution in [0.2, 0.25) is 0 Å². The molecule has 0 aromatic heterocycles. The molecule has 2 aromatic carbocycles. The van der Waals surface area contributed by atoms with Crippen molar-refractivity contribution in [2.24, 2.45) is 0 Å². The number of ketones is 1. The van der Waals surface area contributed by atoms with E-state index in [9.17, 15) is 9.59 Å². The first kappa shape index (κ1) is 16.9. The van der Waals surface area contributed by atoms with Crippen LogP contribution in [0.15, 0.2) is 72.3 Å². The van der Waals surface area contributed by atoms with E-state index in [1.807, 2.05) is 61.5 Å². The smallest absolute Gasteiger partial charge is 0.227 e. The molecule has 3 rings (SSSR count). The minimum absolute atomic E-state index is 0.0608. The molecule has 0 unspecified atom stereocenters. The third kappa shape index (κ3) is 4.32. The van der Waals surface area contributed by atoms with Crippen LogP contribution in [0.5, 0.6) is 0 Å². The highest BCUT2D eigenvalue weighted by Gasteiger charge is 2.21. The molecule has 25 heavy (non-hydrogen) atoms. The SMILES string of the molecule is CC(=C/c1ccccc1)/C=C/C(=O)c1cccc(N2CCCC2=O)c1. The Morgan fingerprint density at radius 1 is 1.04 bits per heavy atom. The molecule has 126 valence electrons. The van der Waals surface area contributed by atoms with Crippen molar-refractivity contribution in [2.45, 2.75) is 19.8 Å². The largest absolute Gasteiger partial charge is 0.312 e. The first-order valence-corrected chi connectivity index (χ1v) is 8.50. The molecular weight excluding hydrogens is 310 g/mol. The lowest BCUT2D eigenvalue weighted by Gasteiger charge is -2.16. The van der Waals surface area contributed by atoms with E-state index >= 15 is 0 Å². The zero-order valence-corrected chi connectivity index (χ0v) is 14.3. The lowest BCUT2D eigenvalue weighted by molar-refractivity contribution is -0.117. The topological polar surface area (TPSA) is 37.4 Å². The summed E-state index contributed by atoms with van der Waals surface area (Å²) in [6.07, 6.45) is 6.90. The maximum absolute atomic E-state index is 12.4. The van der Waals surface area contributed by atoms with Crippen LogP contribution in [0.3, 0.4) is 0 Å². The van der Waals surface area contributed by atoms with E-state index < -0.39 is 0 Å². The standard InChI is InChI=1S/C22H21NO2/c1-17(15-18-7-3-2-4-8-18)12-13-21(24)19-9-5-10-20(16-19)23-14-6-11-22(23)25/h2-5,7-10,12-13,15-16H,6,11,14H2,1H3/b13-12+,17-15-. The number of benzene rings is 2. The van der Waals surface area contributed by atoms with E-state index in [0.717, 1.165) is 29.8 Å². The minimum Gasteiger partial charge on any atom is -0.312 e. The Morgan fingerprint density at radius 3 is 2.56 bits per heavy atom. The van der Waals surface area contributed by atoms with Crippen molar-refractivity contribution in [3.63, 3.8) is 0 Å². The summed E-state index contributed by atoms with van der Waals surface area (Å²) < 4.78 is 0.